The van der Waals surface area contributed by atoms with E-state index in [-0.39, 0.29) is 31.1 Å². The number of benzene rings is 1. The van der Waals surface area contributed by atoms with Gasteiger partial charge in [-0.1, -0.05) is 0 Å². The Morgan fingerprint density at radius 1 is 1.24 bits per heavy atom. The molecule has 0 bridgehead atoms. The van der Waals surface area contributed by atoms with Crippen molar-refractivity contribution < 1.29 is 23.2 Å². The molecule has 1 fully saturated rings. The predicted molar refractivity (Wildman–Crippen MR) is 68.4 cm³/mol. The zero-order valence-corrected chi connectivity index (χ0v) is 11.0. The molecule has 112 valence electrons. The number of amides is 4. The van der Waals surface area contributed by atoms with E-state index in [0.717, 1.165) is 17.0 Å². The third-order valence-corrected chi connectivity index (χ3v) is 2.91. The van der Waals surface area contributed by atoms with E-state index < -0.39 is 23.6 Å². The Kier molecular flexibility index (Phi) is 4.46. The van der Waals surface area contributed by atoms with Crippen LogP contribution in [0.3, 0.4) is 0 Å². The molecule has 1 heterocycles. The van der Waals surface area contributed by atoms with Gasteiger partial charge in [0.2, 0.25) is 5.91 Å². The maximum Gasteiger partial charge on any atom is 0.324 e. The van der Waals surface area contributed by atoms with Gasteiger partial charge >= 0.3 is 6.03 Å². The highest BCUT2D eigenvalue weighted by atomic mass is 19.1. The van der Waals surface area contributed by atoms with Crippen molar-refractivity contribution in [1.29, 1.82) is 0 Å². The molecular formula is C13H13F2N3O3. The first kappa shape index (κ1) is 14.9. The first-order valence-corrected chi connectivity index (χ1v) is 6.30. The molecule has 0 unspecified atom stereocenters. The van der Waals surface area contributed by atoms with Crippen LogP contribution in [0.1, 0.15) is 16.8 Å². The SMILES string of the molecule is O=C(NCCCN1C(=O)CNC1=O)c1cc(F)cc(F)c1. The van der Waals surface area contributed by atoms with Crippen LogP contribution in [-0.2, 0) is 4.79 Å². The van der Waals surface area contributed by atoms with Crippen LogP contribution in [-0.4, -0.2) is 42.4 Å². The van der Waals surface area contributed by atoms with Gasteiger partial charge in [0, 0.05) is 24.7 Å². The standard InChI is InChI=1S/C13H13F2N3O3/c14-9-4-8(5-10(15)6-9)12(20)16-2-1-3-18-11(19)7-17-13(18)21/h4-6H,1-3,7H2,(H,16,20)(H,17,21). The molecule has 2 N–H and O–H groups in total. The molecule has 0 aromatic heterocycles. The molecule has 1 aliphatic heterocycles. The molecule has 0 atom stereocenters. The molecule has 1 aromatic rings. The number of halogens is 2. The van der Waals surface area contributed by atoms with Gasteiger partial charge in [-0.2, -0.15) is 0 Å². The summed E-state index contributed by atoms with van der Waals surface area (Å²) in [6.45, 7) is 0.324. The van der Waals surface area contributed by atoms with Crippen LogP contribution in [0.5, 0.6) is 0 Å². The molecular weight excluding hydrogens is 284 g/mol. The van der Waals surface area contributed by atoms with Crippen LogP contribution < -0.4 is 10.6 Å². The van der Waals surface area contributed by atoms with Crippen LogP contribution in [0.4, 0.5) is 13.6 Å². The average molecular weight is 297 g/mol. The summed E-state index contributed by atoms with van der Waals surface area (Å²) in [4.78, 5) is 35.2. The first-order chi connectivity index (χ1) is 9.97. The van der Waals surface area contributed by atoms with E-state index in [4.69, 9.17) is 0 Å². The Morgan fingerprint density at radius 2 is 1.90 bits per heavy atom. The maximum absolute atomic E-state index is 13.0. The Bertz CT molecular complexity index is 556. The summed E-state index contributed by atoms with van der Waals surface area (Å²) in [5, 5.41) is 4.84. The Hall–Kier alpha value is -2.51. The van der Waals surface area contributed by atoms with E-state index in [1.807, 2.05) is 0 Å². The third-order valence-electron chi connectivity index (χ3n) is 2.91. The number of carbonyl (C=O) groups is 3. The first-order valence-electron chi connectivity index (χ1n) is 6.30. The van der Waals surface area contributed by atoms with E-state index >= 15 is 0 Å². The van der Waals surface area contributed by atoms with Crippen molar-refractivity contribution in [3.63, 3.8) is 0 Å². The highest BCUT2D eigenvalue weighted by Gasteiger charge is 2.27. The van der Waals surface area contributed by atoms with Crippen LogP contribution in [0.25, 0.3) is 0 Å². The highest BCUT2D eigenvalue weighted by molar-refractivity contribution is 6.01. The second-order valence-electron chi connectivity index (χ2n) is 4.47. The largest absolute Gasteiger partial charge is 0.352 e. The number of imide groups is 1. The van der Waals surface area contributed by atoms with E-state index in [0.29, 0.717) is 12.5 Å². The van der Waals surface area contributed by atoms with Crippen molar-refractivity contribution in [1.82, 2.24) is 15.5 Å². The second kappa shape index (κ2) is 6.29. The normalized spacial score (nSPS) is 14.3. The van der Waals surface area contributed by atoms with Gasteiger partial charge in [-0.25, -0.2) is 13.6 Å². The van der Waals surface area contributed by atoms with Gasteiger partial charge < -0.3 is 10.6 Å². The van der Waals surface area contributed by atoms with Crippen LogP contribution in [0, 0.1) is 11.6 Å². The Morgan fingerprint density at radius 3 is 2.48 bits per heavy atom. The topological polar surface area (TPSA) is 78.5 Å². The second-order valence-corrected chi connectivity index (χ2v) is 4.47. The lowest BCUT2D eigenvalue weighted by Crippen LogP contribution is -2.34. The number of nitrogens with one attached hydrogen (secondary N) is 2. The van der Waals surface area contributed by atoms with Crippen LogP contribution >= 0.6 is 0 Å². The minimum atomic E-state index is -0.834. The van der Waals surface area contributed by atoms with Gasteiger partial charge in [-0.05, 0) is 18.6 Å². The molecule has 21 heavy (non-hydrogen) atoms. The molecule has 2 rings (SSSR count). The van der Waals surface area contributed by atoms with Gasteiger partial charge in [-0.3, -0.25) is 14.5 Å². The summed E-state index contributed by atoms with van der Waals surface area (Å²) in [6.07, 6.45) is 0.350. The zero-order chi connectivity index (χ0) is 15.4. The lowest BCUT2D eigenvalue weighted by Gasteiger charge is -2.12. The van der Waals surface area contributed by atoms with Crippen molar-refractivity contribution in [2.75, 3.05) is 19.6 Å². The lowest BCUT2D eigenvalue weighted by molar-refractivity contribution is -0.125. The molecule has 0 saturated carbocycles. The minimum Gasteiger partial charge on any atom is -0.352 e. The maximum atomic E-state index is 13.0. The number of hydrogen-bond acceptors (Lipinski definition) is 3. The smallest absolute Gasteiger partial charge is 0.324 e. The van der Waals surface area contributed by atoms with Crippen LogP contribution in [0.2, 0.25) is 0 Å². The van der Waals surface area contributed by atoms with Crippen molar-refractivity contribution in [2.24, 2.45) is 0 Å². The molecule has 1 aliphatic rings. The van der Waals surface area contributed by atoms with E-state index in [1.165, 1.54) is 0 Å². The quantitative estimate of drug-likeness (QED) is 0.618. The van der Waals surface area contributed by atoms with Crippen molar-refractivity contribution >= 4 is 17.8 Å². The van der Waals surface area contributed by atoms with E-state index in [2.05, 4.69) is 10.6 Å². The molecule has 1 aromatic carbocycles. The molecule has 1 saturated heterocycles. The van der Waals surface area contributed by atoms with Gasteiger partial charge in [0.15, 0.2) is 0 Å². The van der Waals surface area contributed by atoms with Crippen molar-refractivity contribution in [3.8, 4) is 0 Å². The monoisotopic (exact) mass is 297 g/mol. The van der Waals surface area contributed by atoms with Gasteiger partial charge in [-0.15, -0.1) is 0 Å². The number of urea groups is 1. The van der Waals surface area contributed by atoms with E-state index in [1.54, 1.807) is 0 Å². The summed E-state index contributed by atoms with van der Waals surface area (Å²) >= 11 is 0. The fourth-order valence-corrected chi connectivity index (χ4v) is 1.91. The Balaban J connectivity index is 1.79. The number of rotatable bonds is 5. The Labute approximate surface area is 119 Å². The molecule has 6 nitrogen and oxygen atoms in total. The summed E-state index contributed by atoms with van der Waals surface area (Å²) in [5.74, 6) is -2.61. The third kappa shape index (κ3) is 3.74. The molecule has 0 radical (unpaired) electrons. The number of hydrogen-bond donors (Lipinski definition) is 2. The summed E-state index contributed by atoms with van der Waals surface area (Å²) in [7, 11) is 0. The fraction of sp³-hybridized carbons (Fsp3) is 0.308. The number of nitrogens with zero attached hydrogens (tertiary/aromatic N) is 1. The highest BCUT2D eigenvalue weighted by Crippen LogP contribution is 2.07. The summed E-state index contributed by atoms with van der Waals surface area (Å²) in [5.41, 5.74) is -0.123. The molecule has 8 heteroatoms. The minimum absolute atomic E-state index is 0.0201. The molecule has 0 aliphatic carbocycles. The predicted octanol–water partition coefficient (Wildman–Crippen LogP) is 0.636. The van der Waals surface area contributed by atoms with E-state index in [9.17, 15) is 23.2 Å². The summed E-state index contributed by atoms with van der Waals surface area (Å²) in [6, 6.07) is 2.07. The summed E-state index contributed by atoms with van der Waals surface area (Å²) < 4.78 is 25.9. The van der Waals surface area contributed by atoms with Crippen LogP contribution in [0.15, 0.2) is 18.2 Å². The fourth-order valence-electron chi connectivity index (χ4n) is 1.91. The van der Waals surface area contributed by atoms with Crippen molar-refractivity contribution in [2.45, 2.75) is 6.42 Å². The van der Waals surface area contributed by atoms with Gasteiger partial charge in [0.25, 0.3) is 5.91 Å². The number of carbonyl (C=O) groups excluding carboxylic acids is 3. The van der Waals surface area contributed by atoms with Crippen molar-refractivity contribution in [3.05, 3.63) is 35.4 Å². The van der Waals surface area contributed by atoms with Gasteiger partial charge in [0.1, 0.15) is 11.6 Å². The molecule has 4 amide bonds. The molecule has 0 spiro atoms. The average Bonchev–Trinajstić information content (AvgIpc) is 2.73. The lowest BCUT2D eigenvalue weighted by atomic mass is 10.2. The van der Waals surface area contributed by atoms with Gasteiger partial charge in [0.05, 0.1) is 6.54 Å². The zero-order valence-electron chi connectivity index (χ0n) is 11.0.